The van der Waals surface area contributed by atoms with E-state index in [4.69, 9.17) is 4.74 Å². The fraction of sp³-hybridized carbons (Fsp3) is 0.448. The third-order valence-corrected chi connectivity index (χ3v) is 7.93. The Morgan fingerprint density at radius 1 is 1.11 bits per heavy atom. The molecule has 0 saturated carbocycles. The number of aliphatic hydroxyl groups is 1. The average Bonchev–Trinajstić information content (AvgIpc) is 3.40. The topological polar surface area (TPSA) is 87.9 Å². The number of morpholine rings is 1. The summed E-state index contributed by atoms with van der Waals surface area (Å²) in [5, 5.41) is 24.2. The lowest BCUT2D eigenvalue weighted by Crippen LogP contribution is -2.58. The molecule has 2 aromatic carbocycles. The van der Waals surface area contributed by atoms with E-state index in [0.717, 1.165) is 68.9 Å². The van der Waals surface area contributed by atoms with Crippen molar-refractivity contribution >= 4 is 22.3 Å². The summed E-state index contributed by atoms with van der Waals surface area (Å²) in [6.07, 6.45) is 1.90. The van der Waals surface area contributed by atoms with E-state index in [9.17, 15) is 10.4 Å². The highest BCUT2D eigenvalue weighted by Crippen LogP contribution is 2.31. The molecule has 3 aromatic rings. The number of rotatable bonds is 5. The van der Waals surface area contributed by atoms with Gasteiger partial charge >= 0.3 is 0 Å². The second-order valence-electron chi connectivity index (χ2n) is 10.5. The first-order valence-electron chi connectivity index (χ1n) is 13.2. The van der Waals surface area contributed by atoms with Gasteiger partial charge in [-0.25, -0.2) is 0 Å². The van der Waals surface area contributed by atoms with Crippen molar-refractivity contribution in [2.75, 3.05) is 55.7 Å². The van der Waals surface area contributed by atoms with Crippen LogP contribution in [0.3, 0.4) is 0 Å². The minimum Gasteiger partial charge on any atom is -0.394 e. The molecular weight excluding hydrogens is 464 g/mol. The zero-order chi connectivity index (χ0) is 25.4. The zero-order valence-electron chi connectivity index (χ0n) is 21.3. The van der Waals surface area contributed by atoms with E-state index >= 15 is 0 Å². The van der Waals surface area contributed by atoms with Crippen LogP contribution in [0.25, 0.3) is 10.9 Å². The Balaban J connectivity index is 1.15. The van der Waals surface area contributed by atoms with E-state index in [0.29, 0.717) is 5.56 Å². The van der Waals surface area contributed by atoms with Crippen LogP contribution >= 0.6 is 0 Å². The summed E-state index contributed by atoms with van der Waals surface area (Å²) in [7, 11) is 0. The van der Waals surface area contributed by atoms with E-state index in [1.807, 2.05) is 24.3 Å². The largest absolute Gasteiger partial charge is 0.394 e. The predicted octanol–water partition coefficient (Wildman–Crippen LogP) is 2.49. The van der Waals surface area contributed by atoms with Crippen molar-refractivity contribution in [3.8, 4) is 6.07 Å². The first-order valence-corrected chi connectivity index (χ1v) is 13.2. The maximum absolute atomic E-state index is 10.3. The lowest BCUT2D eigenvalue weighted by atomic mass is 10.0. The molecule has 0 amide bonds. The minimum absolute atomic E-state index is 0.0584. The molecule has 3 atom stereocenters. The van der Waals surface area contributed by atoms with Crippen molar-refractivity contribution in [3.05, 3.63) is 65.4 Å². The van der Waals surface area contributed by atoms with Gasteiger partial charge in [0.15, 0.2) is 0 Å². The van der Waals surface area contributed by atoms with Crippen molar-refractivity contribution in [2.45, 2.75) is 38.3 Å². The van der Waals surface area contributed by atoms with Gasteiger partial charge < -0.3 is 25.0 Å². The van der Waals surface area contributed by atoms with E-state index in [2.05, 4.69) is 56.2 Å². The van der Waals surface area contributed by atoms with Crippen LogP contribution in [-0.2, 0) is 17.8 Å². The van der Waals surface area contributed by atoms with Gasteiger partial charge in [-0.3, -0.25) is 9.88 Å². The number of fused-ring (bicyclic) bond motifs is 2. The van der Waals surface area contributed by atoms with E-state index < -0.39 is 0 Å². The van der Waals surface area contributed by atoms with Gasteiger partial charge in [-0.05, 0) is 54.4 Å². The number of aromatic nitrogens is 1. The summed E-state index contributed by atoms with van der Waals surface area (Å²) in [4.78, 5) is 11.7. The number of nitrogens with one attached hydrogen (secondary N) is 1. The van der Waals surface area contributed by atoms with Gasteiger partial charge in [0.25, 0.3) is 0 Å². The maximum Gasteiger partial charge on any atom is 0.101 e. The Bertz CT molecular complexity index is 1320. The number of nitrogens with zero attached hydrogens (tertiary/aromatic N) is 5. The summed E-state index contributed by atoms with van der Waals surface area (Å²) in [6.45, 7) is 9.15. The number of piperazine rings is 1. The summed E-state index contributed by atoms with van der Waals surface area (Å²) in [5.41, 5.74) is 6.41. The number of pyridine rings is 1. The van der Waals surface area contributed by atoms with Gasteiger partial charge in [0, 0.05) is 75.3 Å². The number of ether oxygens (including phenoxy) is 1. The first kappa shape index (κ1) is 24.1. The van der Waals surface area contributed by atoms with E-state index in [1.165, 1.54) is 16.8 Å². The molecule has 1 unspecified atom stereocenters. The Morgan fingerprint density at radius 2 is 2.00 bits per heavy atom. The van der Waals surface area contributed by atoms with E-state index in [1.54, 1.807) is 6.20 Å². The highest BCUT2D eigenvalue weighted by molar-refractivity contribution is 5.95. The number of nitriles is 1. The van der Waals surface area contributed by atoms with Crippen molar-refractivity contribution in [2.24, 2.45) is 0 Å². The molecule has 2 saturated heterocycles. The lowest BCUT2D eigenvalue weighted by molar-refractivity contribution is -0.0351. The van der Waals surface area contributed by atoms with Crippen LogP contribution in [0.2, 0.25) is 0 Å². The molecule has 0 bridgehead atoms. The van der Waals surface area contributed by atoms with Gasteiger partial charge in [-0.1, -0.05) is 6.07 Å². The van der Waals surface area contributed by atoms with Gasteiger partial charge in [0.2, 0.25) is 0 Å². The van der Waals surface area contributed by atoms with Gasteiger partial charge in [0.05, 0.1) is 35.9 Å². The maximum atomic E-state index is 10.3. The molecule has 8 heteroatoms. The summed E-state index contributed by atoms with van der Waals surface area (Å²) in [5.74, 6) is 0. The van der Waals surface area contributed by atoms with Crippen LogP contribution in [0.15, 0.2) is 48.7 Å². The predicted molar refractivity (Wildman–Crippen MR) is 145 cm³/mol. The molecule has 4 heterocycles. The van der Waals surface area contributed by atoms with Crippen molar-refractivity contribution in [1.82, 2.24) is 15.2 Å². The quantitative estimate of drug-likeness (QED) is 0.555. The van der Waals surface area contributed by atoms with E-state index in [-0.39, 0.29) is 24.9 Å². The highest BCUT2D eigenvalue weighted by Gasteiger charge is 2.32. The smallest absolute Gasteiger partial charge is 0.101 e. The number of aliphatic hydroxyl groups excluding tert-OH is 1. The van der Waals surface area contributed by atoms with Crippen LogP contribution < -0.4 is 15.1 Å². The third-order valence-electron chi connectivity index (χ3n) is 7.93. The molecule has 0 spiro atoms. The van der Waals surface area contributed by atoms with Gasteiger partial charge in [-0.2, -0.15) is 5.26 Å². The number of hydrogen-bond donors (Lipinski definition) is 2. The van der Waals surface area contributed by atoms with Crippen molar-refractivity contribution < 1.29 is 9.84 Å². The molecule has 2 N–H and O–H groups in total. The summed E-state index contributed by atoms with van der Waals surface area (Å²) < 4.78 is 6.39. The lowest BCUT2D eigenvalue weighted by Gasteiger charge is -2.45. The van der Waals surface area contributed by atoms with Crippen LogP contribution in [0.5, 0.6) is 0 Å². The Labute approximate surface area is 218 Å². The van der Waals surface area contributed by atoms with Crippen molar-refractivity contribution in [1.29, 1.82) is 5.26 Å². The molecule has 1 aromatic heterocycles. The zero-order valence-corrected chi connectivity index (χ0v) is 21.3. The third kappa shape index (κ3) is 4.76. The molecule has 192 valence electrons. The van der Waals surface area contributed by atoms with Gasteiger partial charge in [-0.15, -0.1) is 0 Å². The Hall–Kier alpha value is -3.22. The molecular formula is C29H34N6O2. The standard InChI is InChI=1S/C29H34N6O2/c1-20-15-34(28-7-5-21(12-30)29-27(28)3-2-8-32-29)18-26(37-20)17-33-9-10-35(25(16-33)19-36)24-6-4-22-13-31-14-23(22)11-24/h2-8,11,20,25-26,31,36H,9-10,13-19H2,1H3/t20-,25-,26?/m1/s1. The first-order chi connectivity index (χ1) is 18.1. The number of hydrogen-bond acceptors (Lipinski definition) is 8. The molecule has 3 aliphatic rings. The fourth-order valence-corrected chi connectivity index (χ4v) is 6.20. The molecule has 0 aliphatic carbocycles. The van der Waals surface area contributed by atoms with Crippen LogP contribution in [-0.4, -0.2) is 79.1 Å². The van der Waals surface area contributed by atoms with Crippen molar-refractivity contribution in [3.63, 3.8) is 0 Å². The molecule has 3 aliphatic heterocycles. The monoisotopic (exact) mass is 498 g/mol. The van der Waals surface area contributed by atoms with Crippen LogP contribution in [0.1, 0.15) is 23.6 Å². The van der Waals surface area contributed by atoms with Crippen LogP contribution in [0, 0.1) is 11.3 Å². The molecule has 2 fully saturated rings. The molecule has 6 rings (SSSR count). The summed E-state index contributed by atoms with van der Waals surface area (Å²) in [6, 6.07) is 16.9. The number of anilines is 2. The second-order valence-corrected chi connectivity index (χ2v) is 10.5. The molecule has 37 heavy (non-hydrogen) atoms. The normalized spacial score (nSPS) is 24.3. The Morgan fingerprint density at radius 3 is 2.86 bits per heavy atom. The Kier molecular flexibility index (Phi) is 6.70. The summed E-state index contributed by atoms with van der Waals surface area (Å²) >= 11 is 0. The molecule has 8 nitrogen and oxygen atoms in total. The number of benzene rings is 2. The van der Waals surface area contributed by atoms with Crippen LogP contribution in [0.4, 0.5) is 11.4 Å². The minimum atomic E-state index is 0.0584. The highest BCUT2D eigenvalue weighted by atomic mass is 16.5. The van der Waals surface area contributed by atoms with Gasteiger partial charge in [0.1, 0.15) is 6.07 Å². The molecule has 0 radical (unpaired) electrons. The fourth-order valence-electron chi connectivity index (χ4n) is 6.20. The average molecular weight is 499 g/mol. The SMILES string of the molecule is C[C@@H]1CN(c2ccc(C#N)c3ncccc23)CC(CN2CCN(c3ccc4c(c3)CNC4)[C@@H](CO)C2)O1. The second kappa shape index (κ2) is 10.3.